The van der Waals surface area contributed by atoms with Gasteiger partial charge in [0.15, 0.2) is 0 Å². The largest absolute Gasteiger partial charge is 0.490 e. The molecule has 0 bridgehead atoms. The van der Waals surface area contributed by atoms with Crippen LogP contribution in [-0.2, 0) is 9.53 Å². The summed E-state index contributed by atoms with van der Waals surface area (Å²) in [6.07, 6.45) is 2.65. The average molecular weight is 374 g/mol. The Morgan fingerprint density at radius 3 is 2.74 bits per heavy atom. The zero-order chi connectivity index (χ0) is 19.3. The Bertz CT molecular complexity index is 803. The van der Waals surface area contributed by atoms with E-state index in [4.69, 9.17) is 15.2 Å². The summed E-state index contributed by atoms with van der Waals surface area (Å²) in [5.41, 5.74) is 4.54. The van der Waals surface area contributed by atoms with Gasteiger partial charge < -0.3 is 20.1 Å². The number of rotatable bonds is 6. The third-order valence-corrected chi connectivity index (χ3v) is 4.15. The molecule has 1 fully saturated rings. The van der Waals surface area contributed by atoms with Crippen molar-refractivity contribution in [1.29, 1.82) is 0 Å². The predicted octanol–water partition coefficient (Wildman–Crippen LogP) is 0.781. The van der Waals surface area contributed by atoms with Crippen molar-refractivity contribution in [3.05, 3.63) is 54.4 Å². The predicted molar refractivity (Wildman–Crippen MR) is 92.3 cm³/mol. The summed E-state index contributed by atoms with van der Waals surface area (Å²) in [6, 6.07) is 6.99. The van der Waals surface area contributed by atoms with Gasteiger partial charge in [0.05, 0.1) is 19.6 Å². The van der Waals surface area contributed by atoms with Gasteiger partial charge in [-0.1, -0.05) is 0 Å². The molecule has 2 aromatic rings. The van der Waals surface area contributed by atoms with E-state index < -0.39 is 11.5 Å². The third kappa shape index (κ3) is 4.76. The number of aromatic nitrogens is 2. The first-order chi connectivity index (χ1) is 13.0. The highest BCUT2D eigenvalue weighted by molar-refractivity contribution is 5.92. The molecule has 1 aromatic heterocycles. The number of benzene rings is 1. The molecule has 1 aromatic carbocycles. The number of hydrogen-bond donors (Lipinski definition) is 1. The summed E-state index contributed by atoms with van der Waals surface area (Å²) in [5, 5.41) is 0. The van der Waals surface area contributed by atoms with Gasteiger partial charge in [0.25, 0.3) is 5.91 Å². The normalized spacial score (nSPS) is 19.5. The number of hydrogen-bond acceptors (Lipinski definition) is 6. The molecule has 3 rings (SSSR count). The van der Waals surface area contributed by atoms with Gasteiger partial charge in [0.1, 0.15) is 35.8 Å². The smallest absolute Gasteiger partial charge is 0.272 e. The van der Waals surface area contributed by atoms with Crippen molar-refractivity contribution in [3.8, 4) is 5.75 Å². The molecule has 0 aliphatic carbocycles. The van der Waals surface area contributed by atoms with Gasteiger partial charge in [0.2, 0.25) is 5.91 Å². The second-order valence-electron chi connectivity index (χ2n) is 6.24. The second-order valence-corrected chi connectivity index (χ2v) is 6.24. The fourth-order valence-electron chi connectivity index (χ4n) is 2.91. The monoisotopic (exact) mass is 374 g/mol. The first-order valence-corrected chi connectivity index (χ1v) is 8.33. The summed E-state index contributed by atoms with van der Waals surface area (Å²) in [7, 11) is 0. The molecule has 8 nitrogen and oxygen atoms in total. The first-order valence-electron chi connectivity index (χ1n) is 8.33. The van der Waals surface area contributed by atoms with Crippen LogP contribution in [0.15, 0.2) is 42.9 Å². The van der Waals surface area contributed by atoms with Gasteiger partial charge in [-0.3, -0.25) is 9.59 Å². The summed E-state index contributed by atoms with van der Waals surface area (Å²) >= 11 is 0. The number of ether oxygens (including phenoxy) is 2. The van der Waals surface area contributed by atoms with Gasteiger partial charge in [0, 0.05) is 12.7 Å². The highest BCUT2D eigenvalue weighted by Gasteiger charge is 2.41. The molecule has 1 aliphatic rings. The molecule has 1 aliphatic heterocycles. The molecule has 9 heteroatoms. The maximum absolute atomic E-state index is 13.0. The SMILES string of the molecule is NC(=O)C[C@@]1(COc2ccc(F)cc2)CN(C(=O)c2ccncn2)CCO1. The first kappa shape index (κ1) is 18.7. The molecule has 2 amide bonds. The molecule has 0 unspecified atom stereocenters. The van der Waals surface area contributed by atoms with E-state index in [2.05, 4.69) is 9.97 Å². The van der Waals surface area contributed by atoms with Crippen LogP contribution in [0.25, 0.3) is 0 Å². The third-order valence-electron chi connectivity index (χ3n) is 4.15. The van der Waals surface area contributed by atoms with E-state index in [-0.39, 0.29) is 43.6 Å². The zero-order valence-electron chi connectivity index (χ0n) is 14.5. The number of primary amides is 1. The highest BCUT2D eigenvalue weighted by atomic mass is 19.1. The summed E-state index contributed by atoms with van der Waals surface area (Å²) in [6.45, 7) is 0.659. The number of nitrogens with two attached hydrogens (primary N) is 1. The molecule has 2 N–H and O–H groups in total. The molecule has 1 saturated heterocycles. The van der Waals surface area contributed by atoms with E-state index in [1.165, 1.54) is 42.9 Å². The van der Waals surface area contributed by atoms with E-state index in [0.29, 0.717) is 12.3 Å². The molecule has 0 radical (unpaired) electrons. The topological polar surface area (TPSA) is 108 Å². The number of halogens is 1. The van der Waals surface area contributed by atoms with E-state index >= 15 is 0 Å². The Morgan fingerprint density at radius 2 is 2.07 bits per heavy atom. The lowest BCUT2D eigenvalue weighted by Crippen LogP contribution is -2.58. The number of carbonyl (C=O) groups is 2. The Labute approximate surface area is 155 Å². The van der Waals surface area contributed by atoms with Gasteiger partial charge in [-0.05, 0) is 30.3 Å². The van der Waals surface area contributed by atoms with Crippen LogP contribution in [0.2, 0.25) is 0 Å². The van der Waals surface area contributed by atoms with Crippen molar-refractivity contribution in [1.82, 2.24) is 14.9 Å². The molecule has 0 spiro atoms. The molecule has 27 heavy (non-hydrogen) atoms. The van der Waals surface area contributed by atoms with Crippen LogP contribution in [0.5, 0.6) is 5.75 Å². The lowest BCUT2D eigenvalue weighted by Gasteiger charge is -2.41. The Morgan fingerprint density at radius 1 is 1.30 bits per heavy atom. The van der Waals surface area contributed by atoms with Crippen LogP contribution >= 0.6 is 0 Å². The highest BCUT2D eigenvalue weighted by Crippen LogP contribution is 2.25. The van der Waals surface area contributed by atoms with Gasteiger partial charge >= 0.3 is 0 Å². The number of amides is 2. The van der Waals surface area contributed by atoms with E-state index in [1.54, 1.807) is 4.90 Å². The Balaban J connectivity index is 1.75. The van der Waals surface area contributed by atoms with Crippen LogP contribution in [0.4, 0.5) is 4.39 Å². The summed E-state index contributed by atoms with van der Waals surface area (Å²) in [5.74, 6) is -0.835. The molecule has 2 heterocycles. The maximum Gasteiger partial charge on any atom is 0.272 e. The number of carbonyl (C=O) groups excluding carboxylic acids is 2. The fraction of sp³-hybridized carbons (Fsp3) is 0.333. The lowest BCUT2D eigenvalue weighted by atomic mass is 9.97. The molecule has 0 saturated carbocycles. The van der Waals surface area contributed by atoms with Gasteiger partial charge in [-0.2, -0.15) is 0 Å². The van der Waals surface area contributed by atoms with Crippen molar-refractivity contribution in [2.45, 2.75) is 12.0 Å². The van der Waals surface area contributed by atoms with Crippen molar-refractivity contribution in [2.24, 2.45) is 5.73 Å². The lowest BCUT2D eigenvalue weighted by molar-refractivity contribution is -0.142. The summed E-state index contributed by atoms with van der Waals surface area (Å²) < 4.78 is 24.5. The molecule has 1 atom stereocenters. The van der Waals surface area contributed by atoms with Crippen LogP contribution < -0.4 is 10.5 Å². The van der Waals surface area contributed by atoms with Crippen LogP contribution in [0.3, 0.4) is 0 Å². The number of nitrogens with zero attached hydrogens (tertiary/aromatic N) is 3. The van der Waals surface area contributed by atoms with Crippen molar-refractivity contribution in [3.63, 3.8) is 0 Å². The molecular weight excluding hydrogens is 355 g/mol. The molecular formula is C18H19FN4O4. The van der Waals surface area contributed by atoms with Crippen LogP contribution in [-0.4, -0.2) is 58.6 Å². The van der Waals surface area contributed by atoms with Gasteiger partial charge in [-0.15, -0.1) is 0 Å². The average Bonchev–Trinajstić information content (AvgIpc) is 2.67. The Kier molecular flexibility index (Phi) is 5.60. The maximum atomic E-state index is 13.0. The van der Waals surface area contributed by atoms with E-state index in [0.717, 1.165) is 0 Å². The minimum atomic E-state index is -1.10. The quantitative estimate of drug-likeness (QED) is 0.801. The van der Waals surface area contributed by atoms with Crippen molar-refractivity contribution < 1.29 is 23.5 Å². The van der Waals surface area contributed by atoms with Crippen LogP contribution in [0.1, 0.15) is 16.9 Å². The fourth-order valence-corrected chi connectivity index (χ4v) is 2.91. The van der Waals surface area contributed by atoms with E-state index in [1.807, 2.05) is 0 Å². The number of morpholine rings is 1. The standard InChI is InChI=1S/C18H19FN4O4/c19-13-1-3-14(4-2-13)26-11-18(9-16(20)24)10-23(7-8-27-18)17(25)15-5-6-21-12-22-15/h1-6,12H,7-11H2,(H2,20,24)/t18-/m0/s1. The van der Waals surface area contributed by atoms with Crippen molar-refractivity contribution >= 4 is 11.8 Å². The van der Waals surface area contributed by atoms with E-state index in [9.17, 15) is 14.0 Å². The second kappa shape index (κ2) is 8.09. The van der Waals surface area contributed by atoms with Crippen LogP contribution in [0, 0.1) is 5.82 Å². The Hall–Kier alpha value is -3.07. The molecule has 142 valence electrons. The minimum absolute atomic E-state index is 0.0187. The summed E-state index contributed by atoms with van der Waals surface area (Å²) in [4.78, 5) is 33.6. The van der Waals surface area contributed by atoms with Gasteiger partial charge in [-0.25, -0.2) is 14.4 Å². The zero-order valence-corrected chi connectivity index (χ0v) is 14.5. The van der Waals surface area contributed by atoms with Crippen molar-refractivity contribution in [2.75, 3.05) is 26.3 Å². The minimum Gasteiger partial charge on any atom is -0.490 e.